The van der Waals surface area contributed by atoms with Crippen molar-refractivity contribution in [3.63, 3.8) is 0 Å². The summed E-state index contributed by atoms with van der Waals surface area (Å²) in [5.41, 5.74) is 1.03. The summed E-state index contributed by atoms with van der Waals surface area (Å²) in [7, 11) is 0. The van der Waals surface area contributed by atoms with E-state index in [1.165, 1.54) is 0 Å². The molecule has 15 heavy (non-hydrogen) atoms. The lowest BCUT2D eigenvalue weighted by molar-refractivity contribution is 0.530. The molecule has 0 N–H and O–H groups in total. The van der Waals surface area contributed by atoms with Gasteiger partial charge in [0.15, 0.2) is 0 Å². The number of hydrogen-bond acceptors (Lipinski definition) is 2. The fourth-order valence-corrected chi connectivity index (χ4v) is 3.81. The van der Waals surface area contributed by atoms with Gasteiger partial charge in [0.25, 0.3) is 0 Å². The van der Waals surface area contributed by atoms with E-state index >= 15 is 0 Å². The van der Waals surface area contributed by atoms with E-state index in [0.717, 1.165) is 24.5 Å². The van der Waals surface area contributed by atoms with Crippen LogP contribution in [0.3, 0.4) is 0 Å². The van der Waals surface area contributed by atoms with Crippen molar-refractivity contribution >= 4 is 54.8 Å². The van der Waals surface area contributed by atoms with Crippen LogP contribution < -0.4 is 0 Å². The Morgan fingerprint density at radius 1 is 1.47 bits per heavy atom. The van der Waals surface area contributed by atoms with Gasteiger partial charge in [-0.25, -0.2) is 0 Å². The second kappa shape index (κ2) is 4.62. The second-order valence-electron chi connectivity index (χ2n) is 3.07. The average Bonchev–Trinajstić information content (AvgIpc) is 2.74. The molecule has 80 valence electrons. The molecule has 0 aliphatic heterocycles. The number of halogens is 3. The third-order valence-corrected chi connectivity index (χ3v) is 6.01. The fraction of sp³-hybridized carbons (Fsp3) is 0.200. The van der Waals surface area contributed by atoms with E-state index in [4.69, 9.17) is 16.0 Å². The molecule has 2 aromatic rings. The van der Waals surface area contributed by atoms with E-state index in [1.807, 2.05) is 19.1 Å². The minimum Gasteiger partial charge on any atom is -0.469 e. The maximum Gasteiger partial charge on any atom is 0.105 e. The van der Waals surface area contributed by atoms with E-state index in [9.17, 15) is 0 Å². The highest BCUT2D eigenvalue weighted by Gasteiger charge is 2.18. The quantitative estimate of drug-likeness (QED) is 0.636. The van der Waals surface area contributed by atoms with Crippen LogP contribution in [0.1, 0.15) is 21.6 Å². The van der Waals surface area contributed by atoms with Crippen LogP contribution in [0.2, 0.25) is 0 Å². The van der Waals surface area contributed by atoms with E-state index in [-0.39, 0.29) is 5.38 Å². The third kappa shape index (κ3) is 2.33. The zero-order chi connectivity index (χ0) is 11.0. The molecule has 2 aromatic heterocycles. The first-order valence-corrected chi connectivity index (χ1v) is 7.06. The van der Waals surface area contributed by atoms with Gasteiger partial charge in [-0.15, -0.1) is 22.9 Å². The van der Waals surface area contributed by atoms with Crippen molar-refractivity contribution in [3.05, 3.63) is 42.9 Å². The van der Waals surface area contributed by atoms with Crippen molar-refractivity contribution in [1.82, 2.24) is 0 Å². The van der Waals surface area contributed by atoms with Gasteiger partial charge in [0.1, 0.15) is 5.76 Å². The molecule has 0 spiro atoms. The van der Waals surface area contributed by atoms with Crippen molar-refractivity contribution in [2.24, 2.45) is 0 Å². The smallest absolute Gasteiger partial charge is 0.105 e. The summed E-state index contributed by atoms with van der Waals surface area (Å²) in [5, 5.41) is -0.142. The van der Waals surface area contributed by atoms with Crippen LogP contribution in [0.5, 0.6) is 0 Å². The zero-order valence-electron chi connectivity index (χ0n) is 7.76. The highest BCUT2D eigenvalue weighted by atomic mass is 79.9. The van der Waals surface area contributed by atoms with Crippen LogP contribution in [-0.4, -0.2) is 0 Å². The molecule has 2 heterocycles. The third-order valence-electron chi connectivity index (χ3n) is 2.09. The Balaban J connectivity index is 2.36. The van der Waals surface area contributed by atoms with Gasteiger partial charge in [0, 0.05) is 14.9 Å². The molecular weight excluding hydrogens is 363 g/mol. The predicted octanol–water partition coefficient (Wildman–Crippen LogP) is 5.50. The summed E-state index contributed by atoms with van der Waals surface area (Å²) in [5.74, 6) is 0.871. The Morgan fingerprint density at radius 3 is 2.67 bits per heavy atom. The average molecular weight is 370 g/mol. The lowest BCUT2D eigenvalue weighted by atomic mass is 10.1. The van der Waals surface area contributed by atoms with Crippen molar-refractivity contribution in [3.8, 4) is 0 Å². The van der Waals surface area contributed by atoms with E-state index in [2.05, 4.69) is 31.9 Å². The molecule has 1 atom stereocenters. The van der Waals surface area contributed by atoms with E-state index < -0.39 is 0 Å². The number of rotatable bonds is 2. The van der Waals surface area contributed by atoms with Crippen LogP contribution >= 0.6 is 54.8 Å². The Labute approximate surface area is 114 Å². The summed E-state index contributed by atoms with van der Waals surface area (Å²) in [6.45, 7) is 1.92. The van der Waals surface area contributed by atoms with E-state index in [0.29, 0.717) is 0 Å². The first-order valence-electron chi connectivity index (χ1n) is 4.22. The molecule has 2 rings (SSSR count). The summed E-state index contributed by atoms with van der Waals surface area (Å²) in [4.78, 5) is 1.10. The number of hydrogen-bond donors (Lipinski definition) is 0. The molecule has 1 nitrogen and oxygen atoms in total. The van der Waals surface area contributed by atoms with Gasteiger partial charge in [-0.3, -0.25) is 0 Å². The summed E-state index contributed by atoms with van der Waals surface area (Å²) in [6.07, 6.45) is 1.66. The molecule has 0 bridgehead atoms. The largest absolute Gasteiger partial charge is 0.469 e. The normalized spacial score (nSPS) is 13.1. The molecular formula is C10H7Br2ClOS. The molecule has 0 aromatic carbocycles. The van der Waals surface area contributed by atoms with Gasteiger partial charge < -0.3 is 4.42 Å². The van der Waals surface area contributed by atoms with Crippen molar-refractivity contribution in [2.45, 2.75) is 12.3 Å². The van der Waals surface area contributed by atoms with Gasteiger partial charge >= 0.3 is 0 Å². The van der Waals surface area contributed by atoms with Crippen LogP contribution in [0, 0.1) is 6.92 Å². The Morgan fingerprint density at radius 2 is 2.20 bits per heavy atom. The van der Waals surface area contributed by atoms with Gasteiger partial charge in [0.2, 0.25) is 0 Å². The van der Waals surface area contributed by atoms with Crippen LogP contribution in [0.25, 0.3) is 0 Å². The van der Waals surface area contributed by atoms with Crippen LogP contribution in [0.4, 0.5) is 0 Å². The lowest BCUT2D eigenvalue weighted by Crippen LogP contribution is -1.89. The SMILES string of the molecule is Cc1occc1C(Cl)c1cc(Br)c(Br)s1. The van der Waals surface area contributed by atoms with Crippen molar-refractivity contribution < 1.29 is 4.42 Å². The Kier molecular flexibility index (Phi) is 3.60. The van der Waals surface area contributed by atoms with Crippen molar-refractivity contribution in [2.75, 3.05) is 0 Å². The summed E-state index contributed by atoms with van der Waals surface area (Å²) < 4.78 is 7.34. The van der Waals surface area contributed by atoms with Gasteiger partial charge in [-0.1, -0.05) is 0 Å². The number of furan rings is 1. The second-order valence-corrected chi connectivity index (χ2v) is 6.76. The predicted molar refractivity (Wildman–Crippen MR) is 70.9 cm³/mol. The molecule has 0 saturated carbocycles. The Bertz CT molecular complexity index is 458. The van der Waals surface area contributed by atoms with Crippen LogP contribution in [-0.2, 0) is 0 Å². The van der Waals surface area contributed by atoms with Gasteiger partial charge in [0.05, 0.1) is 15.4 Å². The molecule has 0 fully saturated rings. The highest BCUT2D eigenvalue weighted by Crippen LogP contribution is 2.41. The molecule has 0 amide bonds. The number of thiophene rings is 1. The van der Waals surface area contributed by atoms with Crippen molar-refractivity contribution in [1.29, 1.82) is 0 Å². The molecule has 1 unspecified atom stereocenters. The highest BCUT2D eigenvalue weighted by molar-refractivity contribution is 9.13. The summed E-state index contributed by atoms with van der Waals surface area (Å²) >= 11 is 14.9. The standard InChI is InChI=1S/C10H7Br2ClOS/c1-5-6(2-3-14-5)9(13)8-4-7(11)10(12)15-8/h2-4,9H,1H3. The molecule has 0 aliphatic carbocycles. The van der Waals surface area contributed by atoms with Gasteiger partial charge in [-0.2, -0.15) is 0 Å². The monoisotopic (exact) mass is 368 g/mol. The van der Waals surface area contributed by atoms with Gasteiger partial charge in [-0.05, 0) is 50.9 Å². The minimum absolute atomic E-state index is 0.142. The molecule has 0 saturated heterocycles. The number of aryl methyl sites for hydroxylation is 1. The minimum atomic E-state index is -0.142. The molecule has 0 radical (unpaired) electrons. The molecule has 5 heteroatoms. The number of alkyl halides is 1. The van der Waals surface area contributed by atoms with E-state index in [1.54, 1.807) is 17.6 Å². The Hall–Kier alpha value is 0.230. The maximum atomic E-state index is 6.37. The molecule has 0 aliphatic rings. The first kappa shape index (κ1) is 11.7. The topological polar surface area (TPSA) is 13.1 Å². The maximum absolute atomic E-state index is 6.37. The zero-order valence-corrected chi connectivity index (χ0v) is 12.5. The fourth-order valence-electron chi connectivity index (χ4n) is 1.30. The van der Waals surface area contributed by atoms with Crippen LogP contribution in [0.15, 0.2) is 31.1 Å². The first-order chi connectivity index (χ1) is 7.09. The lowest BCUT2D eigenvalue weighted by Gasteiger charge is -2.04. The summed E-state index contributed by atoms with van der Waals surface area (Å²) in [6, 6.07) is 3.94.